The van der Waals surface area contributed by atoms with Crippen molar-refractivity contribution >= 4 is 77.9 Å². The molecule has 21 heavy (non-hydrogen) atoms. The van der Waals surface area contributed by atoms with Crippen molar-refractivity contribution in [3.63, 3.8) is 0 Å². The maximum atomic E-state index is 9.08. The second-order valence-corrected chi connectivity index (χ2v) is 10.2. The third-order valence-corrected chi connectivity index (χ3v) is 4.20. The molecule has 0 spiro atoms. The molecule has 0 fully saturated rings. The van der Waals surface area contributed by atoms with E-state index in [-0.39, 0.29) is 0 Å². The van der Waals surface area contributed by atoms with Crippen molar-refractivity contribution in [2.24, 2.45) is 0 Å². The lowest BCUT2D eigenvalue weighted by Gasteiger charge is -2.24. The first kappa shape index (κ1) is 22.1. The van der Waals surface area contributed by atoms with Crippen LogP contribution in [0.25, 0.3) is 0 Å². The molecule has 0 radical (unpaired) electrons. The van der Waals surface area contributed by atoms with Crippen LogP contribution in [-0.4, -0.2) is 58.0 Å². The molecular weight excluding hydrogens is 635 g/mol. The number of hydrogen-bond donors (Lipinski definition) is 0. The molecule has 1 aromatic rings. The second kappa shape index (κ2) is 9.39. The summed E-state index contributed by atoms with van der Waals surface area (Å²) in [6.07, 6.45) is 0.604. The van der Waals surface area contributed by atoms with Gasteiger partial charge < -0.3 is 13.8 Å². The lowest BCUT2D eigenvalue weighted by atomic mass is 10.3. The van der Waals surface area contributed by atoms with Gasteiger partial charge in [0, 0.05) is 9.83 Å². The van der Waals surface area contributed by atoms with Crippen LogP contribution in [0.3, 0.4) is 0 Å². The van der Waals surface area contributed by atoms with Crippen LogP contribution in [0.5, 0.6) is 5.75 Å². The number of likely N-dealkylation sites (N-methyl/N-ethyl adjacent to an activating group) is 1. The summed E-state index contributed by atoms with van der Waals surface area (Å²) in [5, 5.41) is 0. The molecular formula is C12H18I3NO4S. The highest BCUT2D eigenvalue weighted by Gasteiger charge is 2.11. The number of quaternary nitrogens is 1. The molecule has 0 bridgehead atoms. The van der Waals surface area contributed by atoms with Crippen LogP contribution in [0.1, 0.15) is 0 Å². The van der Waals surface area contributed by atoms with Crippen LogP contribution in [-0.2, 0) is 10.1 Å². The lowest BCUT2D eigenvalue weighted by molar-refractivity contribution is -0.870. The molecule has 0 saturated heterocycles. The van der Waals surface area contributed by atoms with Crippen LogP contribution in [0, 0.1) is 10.7 Å². The first-order chi connectivity index (χ1) is 9.29. The Labute approximate surface area is 167 Å². The molecule has 0 aliphatic carbocycles. The number of ether oxygens (including phenoxy) is 1. The minimum atomic E-state index is -3.92. The summed E-state index contributed by atoms with van der Waals surface area (Å²) in [6, 6.07) is 4.29. The van der Waals surface area contributed by atoms with E-state index in [0.29, 0.717) is 6.26 Å². The van der Waals surface area contributed by atoms with E-state index in [2.05, 4.69) is 101 Å². The fourth-order valence-corrected chi connectivity index (χ4v) is 4.98. The minimum absolute atomic E-state index is 0.604. The summed E-state index contributed by atoms with van der Waals surface area (Å²) < 4.78 is 37.7. The molecule has 0 heterocycles. The molecule has 0 aliphatic rings. The summed E-state index contributed by atoms with van der Waals surface area (Å²) >= 11 is 7.00. The van der Waals surface area contributed by atoms with E-state index in [4.69, 9.17) is 17.7 Å². The van der Waals surface area contributed by atoms with Crippen molar-refractivity contribution < 1.29 is 22.2 Å². The average Bonchev–Trinajstić information content (AvgIpc) is 2.17. The molecule has 1 rings (SSSR count). The van der Waals surface area contributed by atoms with Crippen molar-refractivity contribution in [3.8, 4) is 5.75 Å². The van der Waals surface area contributed by atoms with Gasteiger partial charge >= 0.3 is 0 Å². The summed E-state index contributed by atoms with van der Waals surface area (Å²) in [6.45, 7) is 1.77. The smallest absolute Gasteiger partial charge is 0.146 e. The van der Waals surface area contributed by atoms with Gasteiger partial charge in [-0.05, 0) is 79.9 Å². The Morgan fingerprint density at radius 3 is 1.86 bits per heavy atom. The fraction of sp³-hybridized carbons (Fsp3) is 0.500. The van der Waals surface area contributed by atoms with Gasteiger partial charge in [0.15, 0.2) is 0 Å². The number of benzene rings is 1. The van der Waals surface area contributed by atoms with E-state index >= 15 is 0 Å². The van der Waals surface area contributed by atoms with Gasteiger partial charge in [0.05, 0.1) is 38.4 Å². The second-order valence-electron chi connectivity index (χ2n) is 5.27. The largest absolute Gasteiger partial charge is 0.748 e. The van der Waals surface area contributed by atoms with Crippen molar-refractivity contribution in [3.05, 3.63) is 22.8 Å². The maximum absolute atomic E-state index is 9.08. The number of rotatable bonds is 4. The van der Waals surface area contributed by atoms with Crippen LogP contribution < -0.4 is 4.74 Å². The Balaban J connectivity index is 0.000000690. The first-order valence-corrected chi connectivity index (χ1v) is 10.8. The molecule has 122 valence electrons. The molecule has 9 heteroatoms. The third kappa shape index (κ3) is 13.2. The standard InChI is InChI=1S/C11H15I3NO.CH4O3S/c1-15(2,3)4-5-16-11-9(13)6-8(12)7-10(11)14;1-5(2,3)4/h6-7H,4-5H2,1-3H3;1H3,(H,2,3,4)/q+1;/p-1. The highest BCUT2D eigenvalue weighted by molar-refractivity contribution is 14.1. The number of halogens is 3. The summed E-state index contributed by atoms with van der Waals surface area (Å²) in [4.78, 5) is 0. The third-order valence-electron chi connectivity index (χ3n) is 1.97. The van der Waals surface area contributed by atoms with Gasteiger partial charge in [0.2, 0.25) is 0 Å². The molecule has 0 aromatic heterocycles. The average molecular weight is 653 g/mol. The van der Waals surface area contributed by atoms with Gasteiger partial charge in [0.1, 0.15) is 18.9 Å². The molecule has 0 aliphatic heterocycles. The predicted molar refractivity (Wildman–Crippen MR) is 109 cm³/mol. The van der Waals surface area contributed by atoms with E-state index in [1.165, 1.54) is 10.7 Å². The topological polar surface area (TPSA) is 66.4 Å². The Morgan fingerprint density at radius 2 is 1.52 bits per heavy atom. The summed E-state index contributed by atoms with van der Waals surface area (Å²) in [5.74, 6) is 1.02. The van der Waals surface area contributed by atoms with Gasteiger partial charge in [-0.1, -0.05) is 0 Å². The quantitative estimate of drug-likeness (QED) is 0.285. The van der Waals surface area contributed by atoms with Crippen LogP contribution in [0.2, 0.25) is 0 Å². The normalized spacial score (nSPS) is 11.6. The lowest BCUT2D eigenvalue weighted by Crippen LogP contribution is -2.38. The molecule has 0 saturated carbocycles. The van der Waals surface area contributed by atoms with Crippen molar-refractivity contribution in [2.75, 3.05) is 40.6 Å². The van der Waals surface area contributed by atoms with Crippen molar-refractivity contribution in [1.82, 2.24) is 0 Å². The highest BCUT2D eigenvalue weighted by Crippen LogP contribution is 2.29. The fourth-order valence-electron chi connectivity index (χ4n) is 1.09. The Morgan fingerprint density at radius 1 is 1.14 bits per heavy atom. The van der Waals surface area contributed by atoms with E-state index in [1.807, 2.05) is 0 Å². The zero-order chi connectivity index (χ0) is 16.8. The maximum Gasteiger partial charge on any atom is 0.146 e. The molecule has 0 amide bonds. The number of hydrogen-bond acceptors (Lipinski definition) is 4. The van der Waals surface area contributed by atoms with Gasteiger partial charge in [-0.2, -0.15) is 0 Å². The zero-order valence-electron chi connectivity index (χ0n) is 12.2. The van der Waals surface area contributed by atoms with E-state index in [0.717, 1.165) is 23.4 Å². The van der Waals surface area contributed by atoms with Crippen molar-refractivity contribution in [1.29, 1.82) is 0 Å². The van der Waals surface area contributed by atoms with Crippen LogP contribution in [0.4, 0.5) is 0 Å². The predicted octanol–water partition coefficient (Wildman–Crippen LogP) is 2.75. The minimum Gasteiger partial charge on any atom is -0.748 e. The Bertz CT molecular complexity index is 539. The monoisotopic (exact) mass is 653 g/mol. The molecule has 0 atom stereocenters. The van der Waals surface area contributed by atoms with E-state index < -0.39 is 10.1 Å². The van der Waals surface area contributed by atoms with Gasteiger partial charge in [-0.15, -0.1) is 0 Å². The van der Waals surface area contributed by atoms with E-state index in [9.17, 15) is 0 Å². The zero-order valence-corrected chi connectivity index (χ0v) is 19.5. The highest BCUT2D eigenvalue weighted by atomic mass is 127. The van der Waals surface area contributed by atoms with Gasteiger partial charge in [-0.25, -0.2) is 8.42 Å². The summed E-state index contributed by atoms with van der Waals surface area (Å²) in [5.41, 5.74) is 0. The SMILES string of the molecule is CS(=O)(=O)[O-].C[N+](C)(C)CCOc1c(I)cc(I)cc1I. The molecule has 1 aromatic carbocycles. The first-order valence-electron chi connectivity index (χ1n) is 5.78. The summed E-state index contributed by atoms with van der Waals surface area (Å²) in [7, 11) is 2.60. The van der Waals surface area contributed by atoms with Crippen molar-refractivity contribution in [2.45, 2.75) is 0 Å². The Hall–Kier alpha value is 1.08. The van der Waals surface area contributed by atoms with Gasteiger partial charge in [0.25, 0.3) is 0 Å². The molecule has 5 nitrogen and oxygen atoms in total. The van der Waals surface area contributed by atoms with E-state index in [1.54, 1.807) is 0 Å². The number of nitrogens with zero attached hydrogens (tertiary/aromatic N) is 1. The Kier molecular flexibility index (Phi) is 9.88. The van der Waals surface area contributed by atoms with Crippen LogP contribution in [0.15, 0.2) is 12.1 Å². The molecule has 0 unspecified atom stereocenters. The molecule has 0 N–H and O–H groups in total. The van der Waals surface area contributed by atoms with Gasteiger partial charge in [-0.3, -0.25) is 0 Å². The van der Waals surface area contributed by atoms with Crippen LogP contribution >= 0.6 is 67.8 Å².